The summed E-state index contributed by atoms with van der Waals surface area (Å²) in [5.41, 5.74) is 0. The first kappa shape index (κ1) is 7.98. The van der Waals surface area contributed by atoms with Gasteiger partial charge in [-0.3, -0.25) is 0 Å². The molecule has 1 N–H and O–H groups in total. The van der Waals surface area contributed by atoms with Crippen molar-refractivity contribution in [2.24, 2.45) is 5.92 Å². The third-order valence-electron chi connectivity index (χ3n) is 1.64. The van der Waals surface area contributed by atoms with E-state index in [1.165, 1.54) is 0 Å². The smallest absolute Gasteiger partial charge is 0.146 e. The molecule has 0 radical (unpaired) electrons. The maximum atomic E-state index is 8.52. The number of ether oxygens (including phenoxy) is 2. The molecule has 0 aliphatic carbocycles. The predicted molar refractivity (Wildman–Crippen MR) is 36.6 cm³/mol. The van der Waals surface area contributed by atoms with Crippen LogP contribution in [-0.2, 0) is 9.47 Å². The fourth-order valence-corrected chi connectivity index (χ4v) is 1.08. The lowest BCUT2D eigenvalue weighted by Crippen LogP contribution is -2.24. The lowest BCUT2D eigenvalue weighted by molar-refractivity contribution is -0.127. The first-order valence-electron chi connectivity index (χ1n) is 3.70. The SMILES string of the molecule is OCCCC1COCOC1. The Balaban J connectivity index is 2.02. The van der Waals surface area contributed by atoms with Gasteiger partial charge in [-0.2, -0.15) is 0 Å². The molecule has 10 heavy (non-hydrogen) atoms. The highest BCUT2D eigenvalue weighted by molar-refractivity contribution is 4.58. The standard InChI is InChI=1S/C7H14O3/c8-3-1-2-7-4-9-6-10-5-7/h7-8H,1-6H2. The van der Waals surface area contributed by atoms with E-state index in [1.54, 1.807) is 0 Å². The summed E-state index contributed by atoms with van der Waals surface area (Å²) in [6.07, 6.45) is 1.87. The Labute approximate surface area is 60.9 Å². The van der Waals surface area contributed by atoms with Gasteiger partial charge in [0.1, 0.15) is 6.79 Å². The van der Waals surface area contributed by atoms with Crippen LogP contribution in [0, 0.1) is 5.92 Å². The fourth-order valence-electron chi connectivity index (χ4n) is 1.08. The third kappa shape index (κ3) is 2.64. The van der Waals surface area contributed by atoms with Crippen LogP contribution in [0.15, 0.2) is 0 Å². The molecule has 0 bridgehead atoms. The highest BCUT2D eigenvalue weighted by Gasteiger charge is 2.12. The molecule has 1 aliphatic rings. The van der Waals surface area contributed by atoms with E-state index in [1.807, 2.05) is 0 Å². The summed E-state index contributed by atoms with van der Waals surface area (Å²) in [6.45, 7) is 2.30. The first-order valence-corrected chi connectivity index (χ1v) is 3.70. The van der Waals surface area contributed by atoms with Crippen molar-refractivity contribution in [3.8, 4) is 0 Å². The number of rotatable bonds is 3. The monoisotopic (exact) mass is 146 g/mol. The lowest BCUT2D eigenvalue weighted by Gasteiger charge is -2.21. The van der Waals surface area contributed by atoms with E-state index in [9.17, 15) is 0 Å². The minimum atomic E-state index is 0.274. The van der Waals surface area contributed by atoms with Crippen LogP contribution in [0.25, 0.3) is 0 Å². The molecule has 1 saturated heterocycles. The maximum absolute atomic E-state index is 8.52. The molecule has 1 rings (SSSR count). The average Bonchev–Trinajstić information content (AvgIpc) is 2.03. The molecular weight excluding hydrogens is 132 g/mol. The molecule has 0 amide bonds. The summed E-state index contributed by atoms with van der Waals surface area (Å²) < 4.78 is 10.2. The van der Waals surface area contributed by atoms with Gasteiger partial charge < -0.3 is 14.6 Å². The molecule has 3 heteroatoms. The number of hydrogen-bond donors (Lipinski definition) is 1. The second-order valence-corrected chi connectivity index (χ2v) is 2.59. The minimum absolute atomic E-state index is 0.274. The van der Waals surface area contributed by atoms with Gasteiger partial charge in [0.15, 0.2) is 0 Å². The Morgan fingerprint density at radius 2 is 2.00 bits per heavy atom. The van der Waals surface area contributed by atoms with E-state index >= 15 is 0 Å². The van der Waals surface area contributed by atoms with E-state index in [4.69, 9.17) is 14.6 Å². The quantitative estimate of drug-likeness (QED) is 0.625. The van der Waals surface area contributed by atoms with Gasteiger partial charge in [-0.1, -0.05) is 0 Å². The number of aliphatic hydroxyl groups is 1. The highest BCUT2D eigenvalue weighted by atomic mass is 16.7. The maximum Gasteiger partial charge on any atom is 0.146 e. The molecule has 0 unspecified atom stereocenters. The minimum Gasteiger partial charge on any atom is -0.396 e. The van der Waals surface area contributed by atoms with Gasteiger partial charge in [0.2, 0.25) is 0 Å². The zero-order valence-electron chi connectivity index (χ0n) is 6.08. The summed E-state index contributed by atoms with van der Waals surface area (Å²) in [7, 11) is 0. The van der Waals surface area contributed by atoms with Crippen LogP contribution >= 0.6 is 0 Å². The third-order valence-corrected chi connectivity index (χ3v) is 1.64. The fraction of sp³-hybridized carbons (Fsp3) is 1.00. The molecule has 0 aromatic heterocycles. The number of hydrogen-bond acceptors (Lipinski definition) is 3. The largest absolute Gasteiger partial charge is 0.396 e. The van der Waals surface area contributed by atoms with Gasteiger partial charge in [0, 0.05) is 12.5 Å². The van der Waals surface area contributed by atoms with Crippen molar-refractivity contribution >= 4 is 0 Å². The molecule has 0 aromatic rings. The molecule has 0 atom stereocenters. The van der Waals surface area contributed by atoms with Crippen molar-refractivity contribution in [3.63, 3.8) is 0 Å². The Morgan fingerprint density at radius 1 is 1.30 bits per heavy atom. The molecule has 60 valence electrons. The Morgan fingerprint density at radius 3 is 2.60 bits per heavy atom. The van der Waals surface area contributed by atoms with E-state index in [2.05, 4.69) is 0 Å². The van der Waals surface area contributed by atoms with Crippen LogP contribution in [0.5, 0.6) is 0 Å². The molecule has 0 saturated carbocycles. The second kappa shape index (κ2) is 4.66. The molecule has 1 aliphatic heterocycles. The summed E-state index contributed by atoms with van der Waals surface area (Å²) in [4.78, 5) is 0. The predicted octanol–water partition coefficient (Wildman–Crippen LogP) is 0.379. The van der Waals surface area contributed by atoms with E-state index < -0.39 is 0 Å². The summed E-state index contributed by atoms with van der Waals surface area (Å²) in [6, 6.07) is 0. The Kier molecular flexibility index (Phi) is 3.72. The zero-order chi connectivity index (χ0) is 7.23. The van der Waals surface area contributed by atoms with Gasteiger partial charge in [-0.15, -0.1) is 0 Å². The van der Waals surface area contributed by atoms with Crippen molar-refractivity contribution in [1.82, 2.24) is 0 Å². The molecule has 3 nitrogen and oxygen atoms in total. The Bertz CT molecular complexity index is 78.9. The van der Waals surface area contributed by atoms with E-state index in [-0.39, 0.29) is 6.61 Å². The average molecular weight is 146 g/mol. The number of aliphatic hydroxyl groups excluding tert-OH is 1. The van der Waals surface area contributed by atoms with Crippen molar-refractivity contribution in [1.29, 1.82) is 0 Å². The van der Waals surface area contributed by atoms with Crippen molar-refractivity contribution in [3.05, 3.63) is 0 Å². The normalized spacial score (nSPS) is 21.3. The van der Waals surface area contributed by atoms with Crippen LogP contribution in [0.2, 0.25) is 0 Å². The van der Waals surface area contributed by atoms with Gasteiger partial charge in [-0.25, -0.2) is 0 Å². The molecule has 0 aromatic carbocycles. The van der Waals surface area contributed by atoms with Gasteiger partial charge >= 0.3 is 0 Å². The van der Waals surface area contributed by atoms with Gasteiger partial charge in [0.05, 0.1) is 13.2 Å². The van der Waals surface area contributed by atoms with Crippen LogP contribution in [0.1, 0.15) is 12.8 Å². The van der Waals surface area contributed by atoms with Crippen LogP contribution in [-0.4, -0.2) is 31.7 Å². The molecular formula is C7H14O3. The van der Waals surface area contributed by atoms with Crippen LogP contribution in [0.4, 0.5) is 0 Å². The summed E-state index contributed by atoms with van der Waals surface area (Å²) >= 11 is 0. The van der Waals surface area contributed by atoms with Gasteiger partial charge in [-0.05, 0) is 12.8 Å². The summed E-state index contributed by atoms with van der Waals surface area (Å²) in [5.74, 6) is 0.501. The van der Waals surface area contributed by atoms with Crippen molar-refractivity contribution < 1.29 is 14.6 Å². The molecule has 0 spiro atoms. The van der Waals surface area contributed by atoms with Crippen LogP contribution in [0.3, 0.4) is 0 Å². The van der Waals surface area contributed by atoms with Crippen molar-refractivity contribution in [2.45, 2.75) is 12.8 Å². The van der Waals surface area contributed by atoms with Crippen LogP contribution < -0.4 is 0 Å². The van der Waals surface area contributed by atoms with E-state index in [0.29, 0.717) is 12.7 Å². The molecule has 1 heterocycles. The van der Waals surface area contributed by atoms with E-state index in [0.717, 1.165) is 26.1 Å². The highest BCUT2D eigenvalue weighted by Crippen LogP contribution is 2.11. The Hall–Kier alpha value is -0.120. The summed E-state index contributed by atoms with van der Waals surface area (Å²) in [5, 5.41) is 8.52. The lowest BCUT2D eigenvalue weighted by atomic mass is 10.1. The zero-order valence-corrected chi connectivity index (χ0v) is 6.08. The second-order valence-electron chi connectivity index (χ2n) is 2.59. The topological polar surface area (TPSA) is 38.7 Å². The van der Waals surface area contributed by atoms with Crippen molar-refractivity contribution in [2.75, 3.05) is 26.6 Å². The van der Waals surface area contributed by atoms with Gasteiger partial charge in [0.25, 0.3) is 0 Å². The first-order chi connectivity index (χ1) is 4.93. The molecule has 1 fully saturated rings.